The van der Waals surface area contributed by atoms with Gasteiger partial charge in [0, 0.05) is 14.1 Å². The van der Waals surface area contributed by atoms with Crippen LogP contribution in [0.4, 0.5) is 27.1 Å². The fourth-order valence-electron chi connectivity index (χ4n) is 2.70. The predicted molar refractivity (Wildman–Crippen MR) is 132 cm³/mol. The smallest absolute Gasteiger partial charge is 0.335 e. The van der Waals surface area contributed by atoms with Crippen LogP contribution in [0.1, 0.15) is 5.56 Å². The number of nitrogens with one attached hydrogen (secondary N) is 2. The molecule has 0 heterocycles. The normalized spacial score (nSPS) is 9.76. The number of nitro benzene ring substituents is 2. The average molecular weight is 597 g/mol. The van der Waals surface area contributed by atoms with Gasteiger partial charge in [0.2, 0.25) is 11.6 Å². The molecule has 0 unspecified atom stereocenters. The summed E-state index contributed by atoms with van der Waals surface area (Å²) in [6.45, 7) is 0. The van der Waals surface area contributed by atoms with E-state index < -0.39 is 21.4 Å². The summed E-state index contributed by atoms with van der Waals surface area (Å²) in [6, 6.07) is 14.6. The summed E-state index contributed by atoms with van der Waals surface area (Å²) in [6.07, 6.45) is 0. The molecule has 0 amide bonds. The first kappa shape index (κ1) is 26.5. The van der Waals surface area contributed by atoms with Gasteiger partial charge < -0.3 is 15.4 Å². The van der Waals surface area contributed by atoms with Crippen molar-refractivity contribution in [3.8, 4) is 17.6 Å². The Morgan fingerprint density at radius 2 is 1.44 bits per heavy atom. The fourth-order valence-corrected chi connectivity index (χ4v) is 3.43. The third kappa shape index (κ3) is 5.97. The number of hydrogen-bond donors (Lipinski definition) is 2. The molecular formula is C21H16Br2FN5O5. The van der Waals surface area contributed by atoms with E-state index in [1.165, 1.54) is 19.2 Å². The quantitative estimate of drug-likeness (QED) is 0.239. The van der Waals surface area contributed by atoms with Crippen LogP contribution in [0, 0.1) is 37.4 Å². The van der Waals surface area contributed by atoms with Crippen LogP contribution in [0.5, 0.6) is 11.5 Å². The van der Waals surface area contributed by atoms with E-state index in [2.05, 4.69) is 42.5 Å². The number of benzene rings is 3. The largest absolute Gasteiger partial charge is 0.447 e. The highest BCUT2D eigenvalue weighted by molar-refractivity contribution is 9.10. The molecule has 3 aromatic carbocycles. The van der Waals surface area contributed by atoms with E-state index in [1.54, 1.807) is 43.4 Å². The third-order valence-corrected chi connectivity index (χ3v) is 5.51. The number of nitro groups is 2. The van der Waals surface area contributed by atoms with Crippen LogP contribution in [-0.4, -0.2) is 23.9 Å². The molecule has 0 saturated heterocycles. The number of nitriles is 1. The molecule has 0 aromatic heterocycles. The van der Waals surface area contributed by atoms with Gasteiger partial charge in [0.1, 0.15) is 23.2 Å². The topological polar surface area (TPSA) is 143 Å². The van der Waals surface area contributed by atoms with Gasteiger partial charge in [0.05, 0.1) is 24.4 Å². The van der Waals surface area contributed by atoms with Crippen LogP contribution < -0.4 is 15.4 Å². The van der Waals surface area contributed by atoms with E-state index in [0.29, 0.717) is 15.7 Å². The van der Waals surface area contributed by atoms with E-state index in [-0.39, 0.29) is 27.3 Å². The molecule has 176 valence electrons. The summed E-state index contributed by atoms with van der Waals surface area (Å²) < 4.78 is 19.3. The Labute approximate surface area is 209 Å². The highest BCUT2D eigenvalue weighted by Crippen LogP contribution is 2.43. The maximum atomic E-state index is 13.2. The number of ether oxygens (including phenoxy) is 1. The van der Waals surface area contributed by atoms with Gasteiger partial charge in [-0.15, -0.1) is 0 Å². The molecule has 3 aromatic rings. The summed E-state index contributed by atoms with van der Waals surface area (Å²) >= 11 is 6.11. The average Bonchev–Trinajstić information content (AvgIpc) is 2.82. The molecule has 13 heteroatoms. The van der Waals surface area contributed by atoms with Crippen molar-refractivity contribution < 1.29 is 19.0 Å². The van der Waals surface area contributed by atoms with Crippen LogP contribution in [-0.2, 0) is 0 Å². The van der Waals surface area contributed by atoms with E-state index in [1.807, 2.05) is 6.07 Å². The van der Waals surface area contributed by atoms with E-state index in [9.17, 15) is 24.6 Å². The number of nitrogens with zero attached hydrogens (tertiary/aromatic N) is 3. The van der Waals surface area contributed by atoms with Crippen LogP contribution in [0.3, 0.4) is 0 Å². The summed E-state index contributed by atoms with van der Waals surface area (Å²) in [5.74, 6) is -0.552. The zero-order valence-electron chi connectivity index (χ0n) is 17.6. The van der Waals surface area contributed by atoms with Gasteiger partial charge in [-0.05, 0) is 68.3 Å². The molecule has 0 saturated carbocycles. The summed E-state index contributed by atoms with van der Waals surface area (Å²) in [5, 5.41) is 36.1. The Morgan fingerprint density at radius 1 is 0.912 bits per heavy atom. The van der Waals surface area contributed by atoms with Crippen LogP contribution in [0.25, 0.3) is 0 Å². The molecule has 10 nitrogen and oxygen atoms in total. The highest BCUT2D eigenvalue weighted by Gasteiger charge is 2.25. The van der Waals surface area contributed by atoms with Gasteiger partial charge in [0.25, 0.3) is 0 Å². The van der Waals surface area contributed by atoms with Gasteiger partial charge in [0.15, 0.2) is 0 Å². The van der Waals surface area contributed by atoms with Crippen LogP contribution >= 0.6 is 31.9 Å². The number of hydrogen-bond acceptors (Lipinski definition) is 8. The lowest BCUT2D eigenvalue weighted by Gasteiger charge is -2.11. The zero-order valence-corrected chi connectivity index (χ0v) is 20.8. The van der Waals surface area contributed by atoms with Gasteiger partial charge in [-0.25, -0.2) is 0 Å². The second-order valence-corrected chi connectivity index (χ2v) is 7.96. The molecule has 0 bridgehead atoms. The standard InChI is InChI=1S/C14H10BrN3O3.C7H6BrFN2O2/c1-17-11-7-6-10(15)14(13(11)18(19)20)21-12-5-3-2-4-9(12)8-16;1-10-5-3-2-4(8)6(9)7(5)11(12)13/h2-7,17H,1H3;2-3,10H,1H3. The fraction of sp³-hybridized carbons (Fsp3) is 0.0952. The van der Waals surface area contributed by atoms with Gasteiger partial charge in [-0.3, -0.25) is 20.2 Å². The lowest BCUT2D eigenvalue weighted by atomic mass is 10.2. The maximum Gasteiger partial charge on any atom is 0.335 e. The second kappa shape index (κ2) is 11.9. The lowest BCUT2D eigenvalue weighted by molar-refractivity contribution is -0.386. The van der Waals surface area contributed by atoms with Crippen molar-refractivity contribution in [1.82, 2.24) is 0 Å². The molecule has 0 aliphatic carbocycles. The maximum absolute atomic E-state index is 13.2. The van der Waals surface area contributed by atoms with Crippen molar-refractivity contribution in [3.63, 3.8) is 0 Å². The van der Waals surface area contributed by atoms with Crippen molar-refractivity contribution in [2.75, 3.05) is 24.7 Å². The number of para-hydroxylation sites is 1. The Balaban J connectivity index is 0.000000270. The van der Waals surface area contributed by atoms with Crippen molar-refractivity contribution in [2.24, 2.45) is 0 Å². The van der Waals surface area contributed by atoms with Crippen molar-refractivity contribution >= 4 is 54.6 Å². The minimum Gasteiger partial charge on any atom is -0.447 e. The molecule has 2 N–H and O–H groups in total. The molecule has 0 radical (unpaired) electrons. The van der Waals surface area contributed by atoms with Crippen molar-refractivity contribution in [2.45, 2.75) is 0 Å². The van der Waals surface area contributed by atoms with E-state index in [4.69, 9.17) is 10.00 Å². The second-order valence-electron chi connectivity index (χ2n) is 6.25. The van der Waals surface area contributed by atoms with Gasteiger partial charge in [-0.1, -0.05) is 12.1 Å². The number of anilines is 2. The van der Waals surface area contributed by atoms with E-state index in [0.717, 1.165) is 0 Å². The molecule has 0 fully saturated rings. The lowest BCUT2D eigenvalue weighted by Crippen LogP contribution is -2.00. The van der Waals surface area contributed by atoms with Crippen LogP contribution in [0.15, 0.2) is 57.5 Å². The Hall–Kier alpha value is -3.76. The first-order chi connectivity index (χ1) is 16.2. The zero-order chi connectivity index (χ0) is 25.4. The predicted octanol–water partition coefficient (Wildman–Crippen LogP) is 6.60. The third-order valence-electron chi connectivity index (χ3n) is 4.28. The first-order valence-corrected chi connectivity index (χ1v) is 10.9. The van der Waals surface area contributed by atoms with Gasteiger partial charge >= 0.3 is 11.4 Å². The summed E-state index contributed by atoms with van der Waals surface area (Å²) in [4.78, 5) is 20.5. The molecule has 0 aliphatic rings. The minimum absolute atomic E-state index is 0.0505. The molecule has 3 rings (SSSR count). The van der Waals surface area contributed by atoms with Crippen molar-refractivity contribution in [3.05, 3.63) is 89.1 Å². The molecule has 0 spiro atoms. The van der Waals surface area contributed by atoms with Crippen LogP contribution in [0.2, 0.25) is 0 Å². The monoisotopic (exact) mass is 595 g/mol. The number of halogens is 3. The SMILES string of the molecule is CNc1ccc(Br)c(F)c1[N+](=O)[O-].CNc1ccc(Br)c(Oc2ccccc2C#N)c1[N+](=O)[O-]. The molecule has 0 atom stereocenters. The van der Waals surface area contributed by atoms with Gasteiger partial charge in [-0.2, -0.15) is 9.65 Å². The first-order valence-electron chi connectivity index (χ1n) is 9.28. The Kier molecular flexibility index (Phi) is 9.28. The van der Waals surface area contributed by atoms with E-state index >= 15 is 0 Å². The summed E-state index contributed by atoms with van der Waals surface area (Å²) in [5.41, 5.74) is 0.0448. The minimum atomic E-state index is -0.864. The Bertz CT molecular complexity index is 1280. The Morgan fingerprint density at radius 3 is 1.97 bits per heavy atom. The summed E-state index contributed by atoms with van der Waals surface area (Å²) in [7, 11) is 3.08. The molecule has 0 aliphatic heterocycles. The van der Waals surface area contributed by atoms with Crippen molar-refractivity contribution in [1.29, 1.82) is 5.26 Å². The molecular weight excluding hydrogens is 581 g/mol. The number of rotatable bonds is 6. The highest BCUT2D eigenvalue weighted by atomic mass is 79.9. The molecule has 34 heavy (non-hydrogen) atoms.